The molecule has 55 heavy (non-hydrogen) atoms. The molecule has 4 heterocycles. The van der Waals surface area contributed by atoms with E-state index in [1.54, 1.807) is 0 Å². The van der Waals surface area contributed by atoms with E-state index in [1.807, 2.05) is 55.0 Å². The molecule has 0 fully saturated rings. The molecule has 0 spiro atoms. The molecule has 1 aliphatic rings. The Morgan fingerprint density at radius 2 is 1.15 bits per heavy atom. The van der Waals surface area contributed by atoms with Gasteiger partial charge < -0.3 is 14.4 Å². The zero-order chi connectivity index (χ0) is 35.8. The molecule has 0 bridgehead atoms. The van der Waals surface area contributed by atoms with Crippen molar-refractivity contribution in [3.8, 4) is 5.82 Å². The number of aromatic nitrogens is 4. The molecule has 0 aliphatic carbocycles. The van der Waals surface area contributed by atoms with Gasteiger partial charge in [0.1, 0.15) is 5.82 Å². The summed E-state index contributed by atoms with van der Waals surface area (Å²) in [6.45, 7) is 2.08. The van der Waals surface area contributed by atoms with Crippen LogP contribution in [0.15, 0.2) is 182 Å². The first-order valence-corrected chi connectivity index (χ1v) is 17.9. The molecule has 0 saturated heterocycles. The Hall–Kier alpha value is -6.62. The second-order valence-electron chi connectivity index (χ2n) is 13.1. The molecule has 6 nitrogen and oxygen atoms in total. The van der Waals surface area contributed by atoms with Gasteiger partial charge in [-0.15, -0.1) is 65.8 Å². The van der Waals surface area contributed by atoms with Crippen molar-refractivity contribution in [2.45, 2.75) is 0 Å². The fourth-order valence-electron chi connectivity index (χ4n) is 7.49. The Balaban J connectivity index is 0.00000397. The Kier molecular flexibility index (Phi) is 9.11. The van der Waals surface area contributed by atoms with Crippen LogP contribution in [-0.2, 0) is 21.1 Å². The van der Waals surface area contributed by atoms with Gasteiger partial charge in [0.05, 0.1) is 23.8 Å². The van der Waals surface area contributed by atoms with Crippen LogP contribution >= 0.6 is 0 Å². The summed E-state index contributed by atoms with van der Waals surface area (Å²) in [4.78, 5) is 9.06. The molecule has 0 radical (unpaired) electrons. The SMILES string of the molecule is [Pt].[c-]1c(C(=C(c2ccccc2)c2ccccc2)c2[c-]c3c(cc2)c2ccccc2n3-c2ccccn2)cccc1N1[CH-]N(c2ccccc2)c2cnncc21. The minimum atomic E-state index is 0. The molecule has 0 amide bonds. The molecule has 0 atom stereocenters. The van der Waals surface area contributed by atoms with Crippen molar-refractivity contribution in [1.82, 2.24) is 19.7 Å². The van der Waals surface area contributed by atoms with Gasteiger partial charge in [-0.25, -0.2) is 4.98 Å². The Morgan fingerprint density at radius 1 is 0.509 bits per heavy atom. The average molecular weight is 887 g/mol. The van der Waals surface area contributed by atoms with Crippen LogP contribution in [0.2, 0.25) is 0 Å². The van der Waals surface area contributed by atoms with Gasteiger partial charge in [-0.05, 0) is 57.9 Å². The summed E-state index contributed by atoms with van der Waals surface area (Å²) in [5, 5.41) is 10.8. The van der Waals surface area contributed by atoms with E-state index in [0.717, 1.165) is 83.8 Å². The van der Waals surface area contributed by atoms with Crippen molar-refractivity contribution >= 4 is 55.7 Å². The van der Waals surface area contributed by atoms with Crippen LogP contribution in [0.5, 0.6) is 0 Å². The van der Waals surface area contributed by atoms with Gasteiger partial charge in [-0.2, -0.15) is 10.2 Å². The number of hydrogen-bond donors (Lipinski definition) is 0. The van der Waals surface area contributed by atoms with Crippen LogP contribution in [0.1, 0.15) is 22.3 Å². The quantitative estimate of drug-likeness (QED) is 0.118. The zero-order valence-corrected chi connectivity index (χ0v) is 31.7. The summed E-state index contributed by atoms with van der Waals surface area (Å²) >= 11 is 0. The summed E-state index contributed by atoms with van der Waals surface area (Å²) in [5.41, 5.74) is 12.0. The van der Waals surface area contributed by atoms with Crippen LogP contribution < -0.4 is 9.80 Å². The number of benzene rings is 6. The van der Waals surface area contributed by atoms with E-state index < -0.39 is 0 Å². The third-order valence-electron chi connectivity index (χ3n) is 9.89. The standard InChI is InChI=1S/C48H31N6.Pt/c1-4-15-34(16-5-1)47(35-17-6-2-7-18-35)48(37-26-27-41-40-23-10-11-24-42(40)54(43(41)30-37)46-25-12-13-28-49-46)36-19-14-22-39(29-36)53-33-52(38-20-8-3-9-21-38)44-31-50-51-32-45(44)53;/h1-28,31-33H;/q-3;. The van der Waals surface area contributed by atoms with E-state index in [1.165, 1.54) is 0 Å². The molecular formula is C48H31N6Pt-3. The molecule has 0 saturated carbocycles. The van der Waals surface area contributed by atoms with Crippen LogP contribution in [0.3, 0.4) is 0 Å². The summed E-state index contributed by atoms with van der Waals surface area (Å²) < 4.78 is 2.21. The third kappa shape index (κ3) is 6.11. The van der Waals surface area contributed by atoms with Crippen molar-refractivity contribution in [2.24, 2.45) is 0 Å². The fraction of sp³-hybridized carbons (Fsp3) is 0. The maximum absolute atomic E-state index is 4.79. The molecule has 10 rings (SSSR count). The minimum Gasteiger partial charge on any atom is -0.487 e. The monoisotopic (exact) mass is 886 g/mol. The van der Waals surface area contributed by atoms with Crippen LogP contribution in [0.4, 0.5) is 22.7 Å². The van der Waals surface area contributed by atoms with Crippen molar-refractivity contribution in [2.75, 3.05) is 9.80 Å². The van der Waals surface area contributed by atoms with Gasteiger partial charge >= 0.3 is 0 Å². The smallest absolute Gasteiger partial charge is 0.136 e. The number of hydrogen-bond acceptors (Lipinski definition) is 5. The minimum absolute atomic E-state index is 0. The predicted molar refractivity (Wildman–Crippen MR) is 218 cm³/mol. The summed E-state index contributed by atoms with van der Waals surface area (Å²) in [7, 11) is 0. The van der Waals surface area contributed by atoms with Crippen LogP contribution in [0, 0.1) is 18.8 Å². The average Bonchev–Trinajstić information content (AvgIpc) is 3.80. The first-order chi connectivity index (χ1) is 26.8. The molecule has 266 valence electrons. The van der Waals surface area contributed by atoms with Gasteiger partial charge in [0, 0.05) is 38.5 Å². The van der Waals surface area contributed by atoms with E-state index in [9.17, 15) is 0 Å². The van der Waals surface area contributed by atoms with E-state index in [0.29, 0.717) is 0 Å². The Morgan fingerprint density at radius 3 is 1.85 bits per heavy atom. The Labute approximate surface area is 333 Å². The van der Waals surface area contributed by atoms with E-state index in [4.69, 9.17) is 4.98 Å². The van der Waals surface area contributed by atoms with E-state index in [-0.39, 0.29) is 21.1 Å². The first-order valence-electron chi connectivity index (χ1n) is 17.9. The second-order valence-corrected chi connectivity index (χ2v) is 13.1. The summed E-state index contributed by atoms with van der Waals surface area (Å²) in [5.74, 6) is 0.844. The molecule has 0 N–H and O–H groups in total. The largest absolute Gasteiger partial charge is 0.487 e. The maximum atomic E-state index is 4.79. The van der Waals surface area contributed by atoms with Crippen molar-refractivity contribution in [1.29, 1.82) is 0 Å². The van der Waals surface area contributed by atoms with Gasteiger partial charge in [0.2, 0.25) is 0 Å². The second kappa shape index (κ2) is 14.7. The van der Waals surface area contributed by atoms with Gasteiger partial charge in [0.25, 0.3) is 0 Å². The maximum Gasteiger partial charge on any atom is 0.136 e. The third-order valence-corrected chi connectivity index (χ3v) is 9.89. The predicted octanol–water partition coefficient (Wildman–Crippen LogP) is 11.0. The Bertz CT molecular complexity index is 2760. The number of pyridine rings is 1. The topological polar surface area (TPSA) is 50.1 Å². The zero-order valence-electron chi connectivity index (χ0n) is 29.4. The molecule has 7 heteroatoms. The van der Waals surface area contributed by atoms with Gasteiger partial charge in [-0.3, -0.25) is 0 Å². The van der Waals surface area contributed by atoms with Crippen LogP contribution in [-0.4, -0.2) is 19.7 Å². The van der Waals surface area contributed by atoms with E-state index >= 15 is 0 Å². The van der Waals surface area contributed by atoms with Crippen LogP contribution in [0.25, 0.3) is 38.8 Å². The summed E-state index contributed by atoms with van der Waals surface area (Å²) in [6, 6.07) is 64.6. The molecule has 6 aromatic carbocycles. The molecule has 1 aliphatic heterocycles. The number of fused-ring (bicyclic) bond motifs is 4. The van der Waals surface area contributed by atoms with Gasteiger partial charge in [-0.1, -0.05) is 114 Å². The van der Waals surface area contributed by atoms with Gasteiger partial charge in [0.15, 0.2) is 0 Å². The summed E-state index contributed by atoms with van der Waals surface area (Å²) in [6.07, 6.45) is 5.46. The number of rotatable bonds is 7. The van der Waals surface area contributed by atoms with Crippen molar-refractivity contribution in [3.63, 3.8) is 0 Å². The van der Waals surface area contributed by atoms with Crippen molar-refractivity contribution in [3.05, 3.63) is 223 Å². The first kappa shape index (κ1) is 34.2. The number of anilines is 4. The van der Waals surface area contributed by atoms with Crippen molar-refractivity contribution < 1.29 is 21.1 Å². The fourth-order valence-corrected chi connectivity index (χ4v) is 7.49. The number of nitrogens with zero attached hydrogens (tertiary/aromatic N) is 6. The normalized spacial score (nSPS) is 12.1. The molecule has 3 aromatic heterocycles. The molecule has 0 unspecified atom stereocenters. The molecular weight excluding hydrogens is 856 g/mol. The van der Waals surface area contributed by atoms with E-state index in [2.05, 4.69) is 171 Å². The number of para-hydroxylation sites is 2. The molecule has 9 aromatic rings.